The minimum atomic E-state index is -5.12. The zero-order valence-corrected chi connectivity index (χ0v) is 40.8. The number of allylic oxidation sites excluding steroid dienone is 5. The summed E-state index contributed by atoms with van der Waals surface area (Å²) in [6, 6.07) is -1.14. The van der Waals surface area contributed by atoms with Gasteiger partial charge in [-0.2, -0.15) is 8.42 Å². The lowest BCUT2D eigenvalue weighted by Crippen LogP contribution is -2.61. The van der Waals surface area contributed by atoms with Gasteiger partial charge < -0.3 is 40.3 Å². The summed E-state index contributed by atoms with van der Waals surface area (Å²) in [6.07, 6.45) is 36.6. The van der Waals surface area contributed by atoms with Crippen LogP contribution in [0.5, 0.6) is 0 Å². The number of amides is 1. The van der Waals surface area contributed by atoms with Crippen LogP contribution in [0, 0.1) is 0 Å². The highest BCUT2D eigenvalue weighted by atomic mass is 32.3. The first kappa shape index (κ1) is 60.3. The molecule has 8 unspecified atom stereocenters. The van der Waals surface area contributed by atoms with Gasteiger partial charge in [0, 0.05) is 0 Å². The van der Waals surface area contributed by atoms with E-state index in [-0.39, 0.29) is 6.42 Å². The lowest BCUT2D eigenvalue weighted by Gasteiger charge is -2.41. The summed E-state index contributed by atoms with van der Waals surface area (Å²) in [4.78, 5) is 13.1. The zero-order chi connectivity index (χ0) is 47.1. The molecule has 64 heavy (non-hydrogen) atoms. The first-order valence-electron chi connectivity index (χ1n) is 25.5. The second-order valence-corrected chi connectivity index (χ2v) is 18.9. The van der Waals surface area contributed by atoms with Gasteiger partial charge in [-0.05, 0) is 57.8 Å². The summed E-state index contributed by atoms with van der Waals surface area (Å²) in [5.41, 5.74) is 0. The van der Waals surface area contributed by atoms with Gasteiger partial charge in [0.2, 0.25) is 5.91 Å². The van der Waals surface area contributed by atoms with Gasteiger partial charge in [0.25, 0.3) is 0 Å². The number of aliphatic hydroxyl groups is 5. The van der Waals surface area contributed by atoms with Crippen LogP contribution in [0.2, 0.25) is 0 Å². The maximum atomic E-state index is 13.1. The smallest absolute Gasteiger partial charge is 0.394 e. The number of unbranched alkanes of at least 4 members (excludes halogenated alkanes) is 26. The topological polar surface area (TPSA) is 212 Å². The molecule has 1 rings (SSSR count). The van der Waals surface area contributed by atoms with E-state index in [1.165, 1.54) is 122 Å². The molecule has 0 aromatic heterocycles. The standard InChI is InChI=1S/C50H93NO12S/c1-3-5-7-9-11-13-15-17-19-20-21-22-23-24-25-27-29-31-33-35-37-39-44(54)49(57)51-42(41-61-50-47(56)48(63-64(58,59)60)46(55)45(40-52)62-50)43(53)38-36-34-32-30-28-26-18-16-14-12-10-8-6-4-2/h23-24,28,30,36,38,42-48,50,52-56H,3-22,25-27,29,31-35,37,39-41H2,1-2H3,(H,51,57)(H,58,59,60)/b24-23-,30-28+,38-36+. The van der Waals surface area contributed by atoms with Crippen LogP contribution in [-0.2, 0) is 28.9 Å². The Hall–Kier alpha value is -1.72. The highest BCUT2D eigenvalue weighted by Crippen LogP contribution is 2.26. The number of nitrogens with one attached hydrogen (secondary N) is 1. The summed E-state index contributed by atoms with van der Waals surface area (Å²) >= 11 is 0. The molecule has 376 valence electrons. The third-order valence-electron chi connectivity index (χ3n) is 12.0. The molecule has 1 aliphatic heterocycles. The minimum Gasteiger partial charge on any atom is -0.394 e. The minimum absolute atomic E-state index is 0.230. The lowest BCUT2D eigenvalue weighted by molar-refractivity contribution is -0.298. The first-order chi connectivity index (χ1) is 30.9. The van der Waals surface area contributed by atoms with E-state index in [0.29, 0.717) is 12.8 Å². The molecule has 8 atom stereocenters. The predicted octanol–water partition coefficient (Wildman–Crippen LogP) is 9.64. The van der Waals surface area contributed by atoms with Crippen LogP contribution in [0.3, 0.4) is 0 Å². The van der Waals surface area contributed by atoms with Gasteiger partial charge in [-0.3, -0.25) is 9.35 Å². The van der Waals surface area contributed by atoms with Gasteiger partial charge in [-0.1, -0.05) is 192 Å². The number of aliphatic hydroxyl groups excluding tert-OH is 5. The molecule has 0 aromatic rings. The van der Waals surface area contributed by atoms with E-state index in [1.807, 2.05) is 0 Å². The van der Waals surface area contributed by atoms with Crippen molar-refractivity contribution in [1.82, 2.24) is 5.32 Å². The molecule has 1 saturated heterocycles. The van der Waals surface area contributed by atoms with Gasteiger partial charge in [0.05, 0.1) is 25.4 Å². The second kappa shape index (κ2) is 40.4. The SMILES string of the molecule is CCCCCCCCCC/C=C/CC/C=C/C(O)C(COC1OC(CO)C(O)C(OS(=O)(=O)O)C1O)NC(=O)C(O)CCCCCCCC/C=C\CCCCCCCCCCCCC. The second-order valence-electron chi connectivity index (χ2n) is 17.9. The van der Waals surface area contributed by atoms with Crippen LogP contribution in [0.25, 0.3) is 0 Å². The van der Waals surface area contributed by atoms with E-state index < -0.39 is 78.5 Å². The average molecular weight is 932 g/mol. The molecule has 1 aliphatic rings. The largest absolute Gasteiger partial charge is 0.397 e. The zero-order valence-electron chi connectivity index (χ0n) is 40.0. The number of carbonyl (C=O) groups is 1. The van der Waals surface area contributed by atoms with E-state index in [1.54, 1.807) is 6.08 Å². The van der Waals surface area contributed by atoms with Crippen LogP contribution in [0.1, 0.15) is 213 Å². The van der Waals surface area contributed by atoms with Crippen LogP contribution < -0.4 is 5.32 Å². The van der Waals surface area contributed by atoms with Crippen molar-refractivity contribution in [3.05, 3.63) is 36.5 Å². The molecule has 1 amide bonds. The monoisotopic (exact) mass is 932 g/mol. The van der Waals surface area contributed by atoms with Crippen molar-refractivity contribution in [3.8, 4) is 0 Å². The third-order valence-corrected chi connectivity index (χ3v) is 12.5. The summed E-state index contributed by atoms with van der Waals surface area (Å²) in [6.45, 7) is 3.20. The van der Waals surface area contributed by atoms with Gasteiger partial charge in [-0.15, -0.1) is 0 Å². The highest BCUT2D eigenvalue weighted by Gasteiger charge is 2.48. The van der Waals surface area contributed by atoms with E-state index in [4.69, 9.17) is 9.47 Å². The first-order valence-corrected chi connectivity index (χ1v) is 26.8. The Balaban J connectivity index is 2.51. The molecule has 0 saturated carbocycles. The fourth-order valence-corrected chi connectivity index (χ4v) is 8.45. The van der Waals surface area contributed by atoms with Gasteiger partial charge in [0.15, 0.2) is 6.29 Å². The van der Waals surface area contributed by atoms with Crippen molar-refractivity contribution in [2.75, 3.05) is 13.2 Å². The Morgan fingerprint density at radius 3 is 1.50 bits per heavy atom. The molecule has 14 heteroatoms. The van der Waals surface area contributed by atoms with E-state index in [0.717, 1.165) is 64.2 Å². The molecule has 13 nitrogen and oxygen atoms in total. The van der Waals surface area contributed by atoms with Crippen molar-refractivity contribution >= 4 is 16.3 Å². The van der Waals surface area contributed by atoms with Crippen molar-refractivity contribution in [1.29, 1.82) is 0 Å². The summed E-state index contributed by atoms with van der Waals surface area (Å²) < 4.78 is 47.6. The van der Waals surface area contributed by atoms with Crippen LogP contribution in [0.15, 0.2) is 36.5 Å². The predicted molar refractivity (Wildman–Crippen MR) is 256 cm³/mol. The number of hydrogen-bond donors (Lipinski definition) is 7. The van der Waals surface area contributed by atoms with E-state index in [2.05, 4.69) is 47.7 Å². The van der Waals surface area contributed by atoms with Gasteiger partial charge >= 0.3 is 10.4 Å². The molecule has 1 heterocycles. The van der Waals surface area contributed by atoms with Gasteiger partial charge in [0.1, 0.15) is 30.5 Å². The average Bonchev–Trinajstić information content (AvgIpc) is 3.27. The Kier molecular flexibility index (Phi) is 38.0. The maximum Gasteiger partial charge on any atom is 0.397 e. The quantitative estimate of drug-likeness (QED) is 0.0173. The lowest BCUT2D eigenvalue weighted by atomic mass is 9.99. The number of hydrogen-bond acceptors (Lipinski definition) is 11. The molecule has 0 spiro atoms. The van der Waals surface area contributed by atoms with Gasteiger partial charge in [-0.25, -0.2) is 4.18 Å². The Bertz CT molecular complexity index is 1300. The summed E-state index contributed by atoms with van der Waals surface area (Å²) in [7, 11) is -5.12. The molecule has 7 N–H and O–H groups in total. The summed E-state index contributed by atoms with van der Waals surface area (Å²) in [5.74, 6) is -0.716. The number of rotatable bonds is 43. The molecule has 0 aliphatic carbocycles. The molecular weight excluding hydrogens is 839 g/mol. The molecule has 1 fully saturated rings. The maximum absolute atomic E-state index is 13.1. The Labute approximate surface area is 388 Å². The Morgan fingerprint density at radius 1 is 0.625 bits per heavy atom. The highest BCUT2D eigenvalue weighted by molar-refractivity contribution is 7.80. The summed E-state index contributed by atoms with van der Waals surface area (Å²) in [5, 5.41) is 55.3. The van der Waals surface area contributed by atoms with E-state index >= 15 is 0 Å². The fourth-order valence-electron chi connectivity index (χ4n) is 7.94. The Morgan fingerprint density at radius 2 is 1.05 bits per heavy atom. The molecule has 0 radical (unpaired) electrons. The molecule has 0 bridgehead atoms. The van der Waals surface area contributed by atoms with Crippen molar-refractivity contribution in [3.63, 3.8) is 0 Å². The number of carbonyl (C=O) groups excluding carboxylic acids is 1. The number of ether oxygens (including phenoxy) is 2. The molecule has 0 aromatic carbocycles. The third kappa shape index (κ3) is 32.1. The van der Waals surface area contributed by atoms with Crippen molar-refractivity contribution < 1.29 is 57.0 Å². The van der Waals surface area contributed by atoms with Crippen LogP contribution in [0.4, 0.5) is 0 Å². The normalized spacial score (nSPS) is 21.0. The van der Waals surface area contributed by atoms with Crippen LogP contribution >= 0.6 is 0 Å². The van der Waals surface area contributed by atoms with Crippen LogP contribution in [-0.4, -0.2) is 107 Å². The fraction of sp³-hybridized carbons (Fsp3) is 0.860. The molecular formula is C50H93NO12S. The van der Waals surface area contributed by atoms with E-state index in [9.17, 15) is 43.3 Å². The van der Waals surface area contributed by atoms with Crippen molar-refractivity contribution in [2.45, 2.75) is 262 Å². The van der Waals surface area contributed by atoms with Crippen molar-refractivity contribution in [2.24, 2.45) is 0 Å².